The number of rotatable bonds is 3. The lowest BCUT2D eigenvalue weighted by atomic mass is 9.95. The molecule has 0 amide bonds. The van der Waals surface area contributed by atoms with Crippen LogP contribution in [0.4, 0.5) is 13.2 Å². The fourth-order valence-corrected chi connectivity index (χ4v) is 1.32. The highest BCUT2D eigenvalue weighted by atomic mass is 19.4. The molecule has 1 atom stereocenters. The zero-order chi connectivity index (χ0) is 12.4. The van der Waals surface area contributed by atoms with E-state index in [1.807, 2.05) is 0 Å². The first-order valence-corrected chi connectivity index (χ1v) is 4.61. The summed E-state index contributed by atoms with van der Waals surface area (Å²) >= 11 is 0. The van der Waals surface area contributed by atoms with Gasteiger partial charge in [0, 0.05) is 6.54 Å². The van der Waals surface area contributed by atoms with Crippen LogP contribution in [0.25, 0.3) is 0 Å². The monoisotopic (exact) mass is 234 g/mol. The summed E-state index contributed by atoms with van der Waals surface area (Å²) in [7, 11) is 0. The molecule has 1 aromatic rings. The molecular weight excluding hydrogens is 221 g/mol. The molecule has 0 saturated heterocycles. The normalized spacial score (nSPS) is 15.9. The molecule has 0 aliphatic rings. The van der Waals surface area contributed by atoms with E-state index in [0.29, 0.717) is 5.56 Å². The van der Waals surface area contributed by atoms with E-state index in [2.05, 4.69) is 5.43 Å². The van der Waals surface area contributed by atoms with E-state index in [9.17, 15) is 18.3 Å². The van der Waals surface area contributed by atoms with Crippen LogP contribution in [0.15, 0.2) is 24.3 Å². The van der Waals surface area contributed by atoms with Crippen LogP contribution >= 0.6 is 0 Å². The molecule has 0 heterocycles. The Balaban J connectivity index is 2.95. The van der Waals surface area contributed by atoms with Crippen molar-refractivity contribution in [3.05, 3.63) is 35.4 Å². The van der Waals surface area contributed by atoms with Crippen LogP contribution in [-0.2, 0) is 11.8 Å². The van der Waals surface area contributed by atoms with Gasteiger partial charge in [0.15, 0.2) is 0 Å². The smallest absolute Gasteiger partial charge is 0.384 e. The summed E-state index contributed by atoms with van der Waals surface area (Å²) < 4.78 is 36.8. The molecule has 1 aromatic carbocycles. The predicted molar refractivity (Wildman–Crippen MR) is 53.2 cm³/mol. The van der Waals surface area contributed by atoms with Crippen LogP contribution in [0.2, 0.25) is 0 Å². The van der Waals surface area contributed by atoms with Crippen molar-refractivity contribution in [3.8, 4) is 0 Å². The number of hydrazine groups is 1. The highest BCUT2D eigenvalue weighted by molar-refractivity contribution is 5.28. The minimum Gasteiger partial charge on any atom is -0.384 e. The molecule has 6 heteroatoms. The number of hydrogen-bond donors (Lipinski definition) is 3. The molecule has 0 saturated carbocycles. The summed E-state index contributed by atoms with van der Waals surface area (Å²) in [5.41, 5.74) is 0.617. The van der Waals surface area contributed by atoms with Gasteiger partial charge in [0.2, 0.25) is 0 Å². The van der Waals surface area contributed by atoms with Gasteiger partial charge in [-0.1, -0.05) is 12.1 Å². The third-order valence-electron chi connectivity index (χ3n) is 2.28. The Hall–Kier alpha value is -1.11. The maximum Gasteiger partial charge on any atom is 0.416 e. The molecule has 0 radical (unpaired) electrons. The number of halogens is 3. The van der Waals surface area contributed by atoms with Crippen LogP contribution < -0.4 is 11.3 Å². The third-order valence-corrected chi connectivity index (χ3v) is 2.28. The second kappa shape index (κ2) is 4.40. The molecule has 3 nitrogen and oxygen atoms in total. The van der Waals surface area contributed by atoms with Crippen LogP contribution in [0.5, 0.6) is 0 Å². The van der Waals surface area contributed by atoms with Crippen molar-refractivity contribution in [2.24, 2.45) is 5.84 Å². The maximum atomic E-state index is 12.3. The molecule has 90 valence electrons. The molecule has 16 heavy (non-hydrogen) atoms. The fourth-order valence-electron chi connectivity index (χ4n) is 1.32. The van der Waals surface area contributed by atoms with Gasteiger partial charge in [-0.15, -0.1) is 0 Å². The zero-order valence-corrected chi connectivity index (χ0v) is 8.67. The van der Waals surface area contributed by atoms with E-state index in [1.54, 1.807) is 0 Å². The molecule has 0 aromatic heterocycles. The Kier molecular flexibility index (Phi) is 3.57. The van der Waals surface area contributed by atoms with Crippen LogP contribution in [0.3, 0.4) is 0 Å². The summed E-state index contributed by atoms with van der Waals surface area (Å²) in [5.74, 6) is 5.06. The van der Waals surface area contributed by atoms with Gasteiger partial charge < -0.3 is 5.11 Å². The van der Waals surface area contributed by atoms with Crippen LogP contribution in [0, 0.1) is 0 Å². The van der Waals surface area contributed by atoms with Crippen molar-refractivity contribution < 1.29 is 18.3 Å². The van der Waals surface area contributed by atoms with E-state index < -0.39 is 17.3 Å². The minimum absolute atomic E-state index is 0.0539. The first-order valence-electron chi connectivity index (χ1n) is 4.61. The quantitative estimate of drug-likeness (QED) is 0.547. The molecule has 0 aliphatic carbocycles. The molecular formula is C10H13F3N2O. The molecule has 0 aliphatic heterocycles. The first kappa shape index (κ1) is 13.0. The number of nitrogens with two attached hydrogens (primary N) is 1. The van der Waals surface area contributed by atoms with Crippen LogP contribution in [-0.4, -0.2) is 11.7 Å². The minimum atomic E-state index is -4.36. The van der Waals surface area contributed by atoms with Crippen molar-refractivity contribution in [1.29, 1.82) is 0 Å². The van der Waals surface area contributed by atoms with Crippen molar-refractivity contribution in [2.75, 3.05) is 6.54 Å². The second-order valence-electron chi connectivity index (χ2n) is 3.73. The number of hydrogen-bond acceptors (Lipinski definition) is 3. The Morgan fingerprint density at radius 2 is 1.62 bits per heavy atom. The van der Waals surface area contributed by atoms with Gasteiger partial charge in [-0.05, 0) is 24.6 Å². The van der Waals surface area contributed by atoms with Crippen molar-refractivity contribution in [1.82, 2.24) is 5.43 Å². The van der Waals surface area contributed by atoms with Crippen molar-refractivity contribution in [2.45, 2.75) is 18.7 Å². The molecule has 4 N–H and O–H groups in total. The Bertz CT molecular complexity index is 346. The summed E-state index contributed by atoms with van der Waals surface area (Å²) in [5, 5.41) is 9.86. The predicted octanol–water partition coefficient (Wildman–Crippen LogP) is 1.38. The highest BCUT2D eigenvalue weighted by Gasteiger charge is 2.31. The maximum absolute atomic E-state index is 12.3. The summed E-state index contributed by atoms with van der Waals surface area (Å²) in [6, 6.07) is 4.33. The Morgan fingerprint density at radius 1 is 1.19 bits per heavy atom. The highest BCUT2D eigenvalue weighted by Crippen LogP contribution is 2.30. The van der Waals surface area contributed by atoms with Gasteiger partial charge in [0.05, 0.1) is 5.56 Å². The topological polar surface area (TPSA) is 58.3 Å². The largest absolute Gasteiger partial charge is 0.416 e. The average molecular weight is 234 g/mol. The SMILES string of the molecule is CC(O)(CNN)c1ccc(C(F)(F)F)cc1. The van der Waals surface area contributed by atoms with E-state index in [1.165, 1.54) is 19.1 Å². The van der Waals surface area contributed by atoms with Crippen molar-refractivity contribution >= 4 is 0 Å². The number of benzene rings is 1. The zero-order valence-electron chi connectivity index (χ0n) is 8.67. The summed E-state index contributed by atoms with van der Waals surface area (Å²) in [6.45, 7) is 1.52. The lowest BCUT2D eigenvalue weighted by Gasteiger charge is -2.23. The van der Waals surface area contributed by atoms with Gasteiger partial charge in [-0.25, -0.2) is 0 Å². The van der Waals surface area contributed by atoms with Gasteiger partial charge in [-0.2, -0.15) is 13.2 Å². The number of aliphatic hydroxyl groups is 1. The van der Waals surface area contributed by atoms with E-state index in [4.69, 9.17) is 5.84 Å². The number of nitrogens with one attached hydrogen (secondary N) is 1. The van der Waals surface area contributed by atoms with Crippen molar-refractivity contribution in [3.63, 3.8) is 0 Å². The summed E-state index contributed by atoms with van der Waals surface area (Å²) in [6.07, 6.45) is -4.36. The van der Waals surface area contributed by atoms with Gasteiger partial charge in [0.25, 0.3) is 0 Å². The Morgan fingerprint density at radius 3 is 2.00 bits per heavy atom. The van der Waals surface area contributed by atoms with E-state index in [0.717, 1.165) is 12.1 Å². The second-order valence-corrected chi connectivity index (χ2v) is 3.73. The molecule has 0 spiro atoms. The standard InChI is InChI=1S/C10H13F3N2O/c1-9(16,6-15-14)7-2-4-8(5-3-7)10(11,12)13/h2-5,15-16H,6,14H2,1H3. The van der Waals surface area contributed by atoms with E-state index in [-0.39, 0.29) is 6.54 Å². The van der Waals surface area contributed by atoms with Gasteiger partial charge >= 0.3 is 6.18 Å². The fraction of sp³-hybridized carbons (Fsp3) is 0.400. The number of alkyl halides is 3. The molecule has 1 rings (SSSR count). The third kappa shape index (κ3) is 2.94. The van der Waals surface area contributed by atoms with E-state index >= 15 is 0 Å². The lowest BCUT2D eigenvalue weighted by Crippen LogP contribution is -2.38. The Labute approximate surface area is 91.0 Å². The molecule has 1 unspecified atom stereocenters. The van der Waals surface area contributed by atoms with Gasteiger partial charge in [0.1, 0.15) is 5.60 Å². The first-order chi connectivity index (χ1) is 7.27. The van der Waals surface area contributed by atoms with Crippen LogP contribution in [0.1, 0.15) is 18.1 Å². The summed E-state index contributed by atoms with van der Waals surface area (Å²) in [4.78, 5) is 0. The lowest BCUT2D eigenvalue weighted by molar-refractivity contribution is -0.137. The van der Waals surface area contributed by atoms with Gasteiger partial charge in [-0.3, -0.25) is 11.3 Å². The molecule has 0 fully saturated rings. The average Bonchev–Trinajstić information content (AvgIpc) is 2.16. The molecule has 0 bridgehead atoms.